The van der Waals surface area contributed by atoms with Gasteiger partial charge in [-0.3, -0.25) is 0 Å². The van der Waals surface area contributed by atoms with E-state index in [0.29, 0.717) is 0 Å². The summed E-state index contributed by atoms with van der Waals surface area (Å²) in [6.07, 6.45) is 1.02. The highest BCUT2D eigenvalue weighted by atomic mass is 16.5. The van der Waals surface area contributed by atoms with Crippen LogP contribution in [0.2, 0.25) is 0 Å². The summed E-state index contributed by atoms with van der Waals surface area (Å²) in [5, 5.41) is 0. The highest BCUT2D eigenvalue weighted by Gasteiger charge is 2.25. The van der Waals surface area contributed by atoms with Gasteiger partial charge in [0.15, 0.2) is 11.5 Å². The first-order valence-corrected chi connectivity index (χ1v) is 4.81. The maximum Gasteiger partial charge on any atom is 0.166 e. The Balaban J connectivity index is 2.47. The van der Waals surface area contributed by atoms with Crippen molar-refractivity contribution in [3.05, 3.63) is 23.8 Å². The molecule has 2 unspecified atom stereocenters. The normalized spacial score (nSPS) is 25.1. The van der Waals surface area contributed by atoms with Crippen molar-refractivity contribution in [2.45, 2.75) is 25.5 Å². The molecule has 0 radical (unpaired) electrons. The van der Waals surface area contributed by atoms with E-state index in [2.05, 4.69) is 0 Å². The topological polar surface area (TPSA) is 44.5 Å². The number of hydrogen-bond acceptors (Lipinski definition) is 3. The summed E-state index contributed by atoms with van der Waals surface area (Å²) in [7, 11) is 1.64. The number of methoxy groups -OCH3 is 1. The predicted molar refractivity (Wildman–Crippen MR) is 54.6 cm³/mol. The predicted octanol–water partition coefficient (Wildman–Crippen LogP) is 1.87. The van der Waals surface area contributed by atoms with Crippen LogP contribution in [0.5, 0.6) is 11.5 Å². The standard InChI is InChI=1S/C11H15NO2/c1-7-6-9(12)8-4-3-5-10(13-2)11(8)14-7/h3-5,7,9H,6,12H2,1-2H3. The van der Waals surface area contributed by atoms with Crippen LogP contribution in [0.4, 0.5) is 0 Å². The van der Waals surface area contributed by atoms with Crippen molar-refractivity contribution in [1.29, 1.82) is 0 Å². The molecule has 3 nitrogen and oxygen atoms in total. The molecule has 0 amide bonds. The summed E-state index contributed by atoms with van der Waals surface area (Å²) in [5.41, 5.74) is 7.07. The molecule has 0 aromatic heterocycles. The van der Waals surface area contributed by atoms with Crippen LogP contribution < -0.4 is 15.2 Å². The second-order valence-corrected chi connectivity index (χ2v) is 3.65. The van der Waals surface area contributed by atoms with Crippen LogP contribution in [0, 0.1) is 0 Å². The number of benzene rings is 1. The van der Waals surface area contributed by atoms with Crippen LogP contribution in [-0.2, 0) is 0 Å². The van der Waals surface area contributed by atoms with E-state index in [1.54, 1.807) is 7.11 Å². The smallest absolute Gasteiger partial charge is 0.166 e. The molecule has 2 rings (SSSR count). The lowest BCUT2D eigenvalue weighted by atomic mass is 9.97. The maximum absolute atomic E-state index is 6.02. The van der Waals surface area contributed by atoms with Crippen molar-refractivity contribution in [3.63, 3.8) is 0 Å². The van der Waals surface area contributed by atoms with Gasteiger partial charge < -0.3 is 15.2 Å². The van der Waals surface area contributed by atoms with Crippen LogP contribution in [0.1, 0.15) is 24.9 Å². The molecule has 0 saturated heterocycles. The third-order valence-corrected chi connectivity index (χ3v) is 2.53. The Morgan fingerprint density at radius 3 is 3.00 bits per heavy atom. The van der Waals surface area contributed by atoms with Gasteiger partial charge in [0.25, 0.3) is 0 Å². The number of ether oxygens (including phenoxy) is 2. The van der Waals surface area contributed by atoms with Gasteiger partial charge in [-0.15, -0.1) is 0 Å². The Morgan fingerprint density at radius 1 is 1.50 bits per heavy atom. The van der Waals surface area contributed by atoms with E-state index in [1.807, 2.05) is 25.1 Å². The second kappa shape index (κ2) is 3.50. The number of para-hydroxylation sites is 1. The van der Waals surface area contributed by atoms with Crippen molar-refractivity contribution in [3.8, 4) is 11.5 Å². The largest absolute Gasteiger partial charge is 0.493 e. The van der Waals surface area contributed by atoms with Gasteiger partial charge in [0.05, 0.1) is 13.2 Å². The van der Waals surface area contributed by atoms with E-state index < -0.39 is 0 Å². The van der Waals surface area contributed by atoms with E-state index in [4.69, 9.17) is 15.2 Å². The number of fused-ring (bicyclic) bond motifs is 1. The van der Waals surface area contributed by atoms with Crippen molar-refractivity contribution >= 4 is 0 Å². The average molecular weight is 193 g/mol. The average Bonchev–Trinajstić information content (AvgIpc) is 2.17. The molecule has 1 aromatic carbocycles. The molecule has 1 aliphatic heterocycles. The van der Waals surface area contributed by atoms with E-state index >= 15 is 0 Å². The first-order chi connectivity index (χ1) is 6.72. The van der Waals surface area contributed by atoms with Crippen LogP contribution in [0.15, 0.2) is 18.2 Å². The SMILES string of the molecule is COc1cccc2c1OC(C)CC2N. The molecule has 0 saturated carbocycles. The van der Waals surface area contributed by atoms with Crippen LogP contribution in [0.25, 0.3) is 0 Å². The Labute approximate surface area is 83.8 Å². The van der Waals surface area contributed by atoms with Crippen LogP contribution in [-0.4, -0.2) is 13.2 Å². The van der Waals surface area contributed by atoms with Crippen LogP contribution >= 0.6 is 0 Å². The number of rotatable bonds is 1. The molecule has 1 heterocycles. The van der Waals surface area contributed by atoms with Gasteiger partial charge >= 0.3 is 0 Å². The van der Waals surface area contributed by atoms with E-state index in [9.17, 15) is 0 Å². The lowest BCUT2D eigenvalue weighted by Gasteiger charge is -2.29. The zero-order valence-electron chi connectivity index (χ0n) is 8.49. The summed E-state index contributed by atoms with van der Waals surface area (Å²) >= 11 is 0. The molecule has 0 spiro atoms. The van der Waals surface area contributed by atoms with E-state index in [0.717, 1.165) is 23.5 Å². The van der Waals surface area contributed by atoms with Gasteiger partial charge in [-0.05, 0) is 13.0 Å². The third-order valence-electron chi connectivity index (χ3n) is 2.53. The minimum absolute atomic E-state index is 0.0591. The third kappa shape index (κ3) is 1.44. The maximum atomic E-state index is 6.02. The Kier molecular flexibility index (Phi) is 2.33. The summed E-state index contributed by atoms with van der Waals surface area (Å²) < 4.78 is 10.9. The van der Waals surface area contributed by atoms with Gasteiger partial charge in [0.2, 0.25) is 0 Å². The molecule has 1 aromatic rings. The van der Waals surface area contributed by atoms with E-state index in [1.165, 1.54) is 0 Å². The van der Waals surface area contributed by atoms with Gasteiger partial charge in [0, 0.05) is 18.0 Å². The number of nitrogens with two attached hydrogens (primary N) is 1. The van der Waals surface area contributed by atoms with Gasteiger partial charge in [-0.2, -0.15) is 0 Å². The van der Waals surface area contributed by atoms with Crippen molar-refractivity contribution in [1.82, 2.24) is 0 Å². The molecule has 76 valence electrons. The minimum atomic E-state index is 0.0591. The summed E-state index contributed by atoms with van der Waals surface area (Å²) in [6.45, 7) is 2.02. The molecule has 0 fully saturated rings. The Hall–Kier alpha value is -1.22. The zero-order valence-corrected chi connectivity index (χ0v) is 8.49. The summed E-state index contributed by atoms with van der Waals surface area (Å²) in [5.74, 6) is 1.57. The Morgan fingerprint density at radius 2 is 2.29 bits per heavy atom. The lowest BCUT2D eigenvalue weighted by Crippen LogP contribution is -2.27. The second-order valence-electron chi connectivity index (χ2n) is 3.65. The van der Waals surface area contributed by atoms with E-state index in [-0.39, 0.29) is 12.1 Å². The molecular formula is C11H15NO2. The summed E-state index contributed by atoms with van der Waals surface area (Å²) in [6, 6.07) is 5.89. The fourth-order valence-corrected chi connectivity index (χ4v) is 1.85. The fourth-order valence-electron chi connectivity index (χ4n) is 1.85. The van der Waals surface area contributed by atoms with Crippen molar-refractivity contribution in [2.75, 3.05) is 7.11 Å². The molecule has 0 bridgehead atoms. The molecule has 0 aliphatic carbocycles. The highest BCUT2D eigenvalue weighted by Crippen LogP contribution is 2.39. The lowest BCUT2D eigenvalue weighted by molar-refractivity contribution is 0.169. The van der Waals surface area contributed by atoms with Gasteiger partial charge in [0.1, 0.15) is 0 Å². The molecule has 14 heavy (non-hydrogen) atoms. The Bertz CT molecular complexity index is 338. The number of hydrogen-bond donors (Lipinski definition) is 1. The van der Waals surface area contributed by atoms with Crippen molar-refractivity contribution in [2.24, 2.45) is 5.73 Å². The first-order valence-electron chi connectivity index (χ1n) is 4.81. The molecule has 2 N–H and O–H groups in total. The van der Waals surface area contributed by atoms with Crippen molar-refractivity contribution < 1.29 is 9.47 Å². The fraction of sp³-hybridized carbons (Fsp3) is 0.455. The molecular weight excluding hydrogens is 178 g/mol. The zero-order chi connectivity index (χ0) is 10.1. The highest BCUT2D eigenvalue weighted by molar-refractivity contribution is 5.49. The van der Waals surface area contributed by atoms with Gasteiger partial charge in [-0.1, -0.05) is 12.1 Å². The van der Waals surface area contributed by atoms with Gasteiger partial charge in [-0.25, -0.2) is 0 Å². The van der Waals surface area contributed by atoms with Crippen LogP contribution in [0.3, 0.4) is 0 Å². The minimum Gasteiger partial charge on any atom is -0.493 e. The molecule has 1 aliphatic rings. The quantitative estimate of drug-likeness (QED) is 0.740. The monoisotopic (exact) mass is 193 g/mol. The molecule has 3 heteroatoms. The first kappa shape index (κ1) is 9.34. The molecule has 2 atom stereocenters. The summed E-state index contributed by atoms with van der Waals surface area (Å²) in [4.78, 5) is 0.